The van der Waals surface area contributed by atoms with Crippen molar-refractivity contribution in [1.82, 2.24) is 10.2 Å². The maximum Gasteiger partial charge on any atom is 0.317 e. The fourth-order valence-electron chi connectivity index (χ4n) is 2.74. The zero-order chi connectivity index (χ0) is 14.3. The standard InChI is InChI=1S/C16H32N2O/c1-5-6-7-10-16(3,4)13-17-15(19)18-11-8-9-14(2)12-18/h14H,5-13H2,1-4H3,(H,17,19). The lowest BCUT2D eigenvalue weighted by molar-refractivity contribution is 0.164. The van der Waals surface area contributed by atoms with Crippen molar-refractivity contribution in [3.8, 4) is 0 Å². The van der Waals surface area contributed by atoms with Gasteiger partial charge in [0.1, 0.15) is 0 Å². The third-order valence-corrected chi connectivity index (χ3v) is 4.12. The lowest BCUT2D eigenvalue weighted by atomic mass is 9.87. The van der Waals surface area contributed by atoms with E-state index in [9.17, 15) is 4.79 Å². The Morgan fingerprint density at radius 3 is 2.74 bits per heavy atom. The number of amides is 2. The molecule has 3 nitrogen and oxygen atoms in total. The molecule has 0 radical (unpaired) electrons. The molecule has 0 spiro atoms. The maximum absolute atomic E-state index is 12.1. The van der Waals surface area contributed by atoms with Crippen molar-refractivity contribution >= 4 is 6.03 Å². The van der Waals surface area contributed by atoms with Crippen molar-refractivity contribution in [2.45, 2.75) is 66.2 Å². The van der Waals surface area contributed by atoms with Crippen LogP contribution in [-0.2, 0) is 0 Å². The average Bonchev–Trinajstić information content (AvgIpc) is 2.36. The van der Waals surface area contributed by atoms with Crippen LogP contribution in [0, 0.1) is 11.3 Å². The van der Waals surface area contributed by atoms with E-state index in [1.807, 2.05) is 4.90 Å². The number of piperidine rings is 1. The molecule has 1 saturated heterocycles. The average molecular weight is 268 g/mol. The van der Waals surface area contributed by atoms with Crippen molar-refractivity contribution in [3.63, 3.8) is 0 Å². The van der Waals surface area contributed by atoms with E-state index in [-0.39, 0.29) is 11.4 Å². The van der Waals surface area contributed by atoms with Gasteiger partial charge in [0.15, 0.2) is 0 Å². The van der Waals surface area contributed by atoms with E-state index in [0.29, 0.717) is 5.92 Å². The number of hydrogen-bond donors (Lipinski definition) is 1. The Morgan fingerprint density at radius 1 is 1.37 bits per heavy atom. The van der Waals surface area contributed by atoms with E-state index in [4.69, 9.17) is 0 Å². The predicted molar refractivity (Wildman–Crippen MR) is 81.3 cm³/mol. The summed E-state index contributed by atoms with van der Waals surface area (Å²) in [5.41, 5.74) is 0.215. The first-order valence-corrected chi connectivity index (χ1v) is 7.97. The van der Waals surface area contributed by atoms with Gasteiger partial charge in [-0.15, -0.1) is 0 Å². The summed E-state index contributed by atoms with van der Waals surface area (Å²) in [5, 5.41) is 3.13. The minimum atomic E-state index is 0.134. The molecule has 1 fully saturated rings. The minimum absolute atomic E-state index is 0.134. The van der Waals surface area contributed by atoms with Gasteiger partial charge in [0, 0.05) is 19.6 Å². The molecular weight excluding hydrogens is 236 g/mol. The molecule has 0 aromatic carbocycles. The maximum atomic E-state index is 12.1. The molecular formula is C16H32N2O. The summed E-state index contributed by atoms with van der Waals surface area (Å²) in [6, 6.07) is 0.134. The predicted octanol–water partition coefficient (Wildman–Crippen LogP) is 4.03. The molecule has 2 amide bonds. The second-order valence-corrected chi connectivity index (χ2v) is 6.97. The van der Waals surface area contributed by atoms with Crippen LogP contribution in [0.2, 0.25) is 0 Å². The van der Waals surface area contributed by atoms with Crippen molar-refractivity contribution < 1.29 is 4.79 Å². The van der Waals surface area contributed by atoms with Crippen LogP contribution in [0.5, 0.6) is 0 Å². The summed E-state index contributed by atoms with van der Waals surface area (Å²) in [4.78, 5) is 14.1. The van der Waals surface area contributed by atoms with Crippen LogP contribution < -0.4 is 5.32 Å². The normalized spacial score (nSPS) is 20.4. The monoisotopic (exact) mass is 268 g/mol. The van der Waals surface area contributed by atoms with E-state index >= 15 is 0 Å². The van der Waals surface area contributed by atoms with Crippen LogP contribution in [-0.4, -0.2) is 30.6 Å². The van der Waals surface area contributed by atoms with Gasteiger partial charge < -0.3 is 10.2 Å². The Morgan fingerprint density at radius 2 is 2.11 bits per heavy atom. The lowest BCUT2D eigenvalue weighted by Gasteiger charge is -2.32. The minimum Gasteiger partial charge on any atom is -0.337 e. The highest BCUT2D eigenvalue weighted by Crippen LogP contribution is 2.23. The van der Waals surface area contributed by atoms with Crippen LogP contribution in [0.25, 0.3) is 0 Å². The van der Waals surface area contributed by atoms with Crippen molar-refractivity contribution in [3.05, 3.63) is 0 Å². The Labute approximate surface area is 119 Å². The Hall–Kier alpha value is -0.730. The molecule has 0 aromatic heterocycles. The SMILES string of the molecule is CCCCCC(C)(C)CNC(=O)N1CCCC(C)C1. The van der Waals surface area contributed by atoms with Gasteiger partial charge in [-0.05, 0) is 30.6 Å². The van der Waals surface area contributed by atoms with Gasteiger partial charge in [0.25, 0.3) is 0 Å². The second-order valence-electron chi connectivity index (χ2n) is 6.97. The van der Waals surface area contributed by atoms with Crippen LogP contribution in [0.15, 0.2) is 0 Å². The second kappa shape index (κ2) is 7.76. The number of unbranched alkanes of at least 4 members (excludes halogenated alkanes) is 2. The summed E-state index contributed by atoms with van der Waals surface area (Å²) in [6.45, 7) is 11.6. The van der Waals surface area contributed by atoms with Gasteiger partial charge in [-0.3, -0.25) is 0 Å². The van der Waals surface area contributed by atoms with Gasteiger partial charge in [-0.2, -0.15) is 0 Å². The third-order valence-electron chi connectivity index (χ3n) is 4.12. The molecule has 1 rings (SSSR count). The summed E-state index contributed by atoms with van der Waals surface area (Å²) in [6.07, 6.45) is 7.41. The third kappa shape index (κ3) is 6.31. The number of urea groups is 1. The summed E-state index contributed by atoms with van der Waals surface area (Å²) in [7, 11) is 0. The highest BCUT2D eigenvalue weighted by atomic mass is 16.2. The van der Waals surface area contributed by atoms with Crippen molar-refractivity contribution in [1.29, 1.82) is 0 Å². The Bertz CT molecular complexity index is 276. The molecule has 1 heterocycles. The van der Waals surface area contributed by atoms with E-state index in [2.05, 4.69) is 33.0 Å². The molecule has 0 aromatic rings. The topological polar surface area (TPSA) is 32.3 Å². The van der Waals surface area contributed by atoms with Crippen molar-refractivity contribution in [2.24, 2.45) is 11.3 Å². The number of likely N-dealkylation sites (tertiary alicyclic amines) is 1. The Kier molecular flexibility index (Phi) is 6.67. The molecule has 1 aliphatic heterocycles. The molecule has 1 N–H and O–H groups in total. The number of carbonyl (C=O) groups is 1. The van der Waals surface area contributed by atoms with E-state index in [0.717, 1.165) is 26.1 Å². The highest BCUT2D eigenvalue weighted by molar-refractivity contribution is 5.74. The van der Waals surface area contributed by atoms with E-state index < -0.39 is 0 Å². The van der Waals surface area contributed by atoms with E-state index in [1.165, 1.54) is 32.1 Å². The molecule has 0 saturated carbocycles. The fraction of sp³-hybridized carbons (Fsp3) is 0.938. The van der Waals surface area contributed by atoms with Crippen LogP contribution in [0.1, 0.15) is 66.2 Å². The van der Waals surface area contributed by atoms with Gasteiger partial charge in [0.05, 0.1) is 0 Å². The largest absolute Gasteiger partial charge is 0.337 e. The summed E-state index contributed by atoms with van der Waals surface area (Å²) < 4.78 is 0. The Balaban J connectivity index is 2.28. The van der Waals surface area contributed by atoms with Crippen molar-refractivity contribution in [2.75, 3.05) is 19.6 Å². The van der Waals surface area contributed by atoms with Gasteiger partial charge in [0.2, 0.25) is 0 Å². The van der Waals surface area contributed by atoms with Crippen LogP contribution in [0.4, 0.5) is 4.79 Å². The fourth-order valence-corrected chi connectivity index (χ4v) is 2.74. The zero-order valence-electron chi connectivity index (χ0n) is 13.3. The first kappa shape index (κ1) is 16.3. The number of carbonyl (C=O) groups excluding carboxylic acids is 1. The quantitative estimate of drug-likeness (QED) is 0.725. The first-order valence-electron chi connectivity index (χ1n) is 7.97. The zero-order valence-corrected chi connectivity index (χ0v) is 13.3. The first-order chi connectivity index (χ1) is 8.94. The van der Waals surface area contributed by atoms with Crippen LogP contribution >= 0.6 is 0 Å². The van der Waals surface area contributed by atoms with Gasteiger partial charge in [-0.1, -0.05) is 47.0 Å². The number of hydrogen-bond acceptors (Lipinski definition) is 1. The van der Waals surface area contributed by atoms with Crippen LogP contribution in [0.3, 0.4) is 0 Å². The molecule has 3 heteroatoms. The molecule has 0 aliphatic carbocycles. The highest BCUT2D eigenvalue weighted by Gasteiger charge is 2.23. The molecule has 112 valence electrons. The molecule has 1 unspecified atom stereocenters. The number of nitrogens with one attached hydrogen (secondary N) is 1. The van der Waals surface area contributed by atoms with Gasteiger partial charge >= 0.3 is 6.03 Å². The number of rotatable bonds is 6. The van der Waals surface area contributed by atoms with Gasteiger partial charge in [-0.25, -0.2) is 4.79 Å². The molecule has 1 atom stereocenters. The molecule has 1 aliphatic rings. The molecule has 19 heavy (non-hydrogen) atoms. The summed E-state index contributed by atoms with van der Waals surface area (Å²) in [5.74, 6) is 0.650. The summed E-state index contributed by atoms with van der Waals surface area (Å²) >= 11 is 0. The smallest absolute Gasteiger partial charge is 0.317 e. The van der Waals surface area contributed by atoms with E-state index in [1.54, 1.807) is 0 Å². The number of nitrogens with zero attached hydrogens (tertiary/aromatic N) is 1. The molecule has 0 bridgehead atoms. The lowest BCUT2D eigenvalue weighted by Crippen LogP contribution is -2.47.